The van der Waals surface area contributed by atoms with E-state index in [1.807, 2.05) is 0 Å². The molecule has 0 spiro atoms. The van der Waals surface area contributed by atoms with Crippen molar-refractivity contribution in [3.8, 4) is 11.1 Å². The van der Waals surface area contributed by atoms with Crippen molar-refractivity contribution >= 4 is 15.9 Å². The summed E-state index contributed by atoms with van der Waals surface area (Å²) in [5.74, 6) is 0. The maximum Gasteiger partial charge on any atom is 0.0181 e. The van der Waals surface area contributed by atoms with E-state index >= 15 is 0 Å². The lowest BCUT2D eigenvalue weighted by atomic mass is 10.0. The molecule has 1 heteroatoms. The summed E-state index contributed by atoms with van der Waals surface area (Å²) < 4.78 is 1.13. The van der Waals surface area contributed by atoms with Crippen molar-refractivity contribution in [3.05, 3.63) is 58.6 Å². The summed E-state index contributed by atoms with van der Waals surface area (Å²) in [7, 11) is 0. The van der Waals surface area contributed by atoms with E-state index in [-0.39, 0.29) is 0 Å². The smallest absolute Gasteiger partial charge is 0.0181 e. The van der Waals surface area contributed by atoms with E-state index in [0.29, 0.717) is 0 Å². The minimum Gasteiger partial charge on any atom is -0.0654 e. The highest BCUT2D eigenvalue weighted by Crippen LogP contribution is 2.23. The van der Waals surface area contributed by atoms with Crippen molar-refractivity contribution < 1.29 is 0 Å². The van der Waals surface area contributed by atoms with Crippen molar-refractivity contribution in [2.24, 2.45) is 0 Å². The number of hydrogen-bond donors (Lipinski definition) is 0. The predicted octanol–water partition coefficient (Wildman–Crippen LogP) is 6.24. The number of halogens is 1. The lowest BCUT2D eigenvalue weighted by Gasteiger charge is -2.05. The van der Waals surface area contributed by atoms with Crippen LogP contribution in [0.5, 0.6) is 0 Å². The molecule has 0 N–H and O–H groups in total. The topological polar surface area (TPSA) is 0 Å². The standard InChI is InChI=1S/C18H21Br/c1-2-3-4-5-7-15-10-12-16(13-11-15)17-8-6-9-18(19)14-17/h6,8-14H,2-5,7H2,1H3. The Labute approximate surface area is 125 Å². The lowest BCUT2D eigenvalue weighted by molar-refractivity contribution is 0.667. The second-order valence-electron chi connectivity index (χ2n) is 5.02. The molecule has 0 heterocycles. The first-order valence-electron chi connectivity index (χ1n) is 7.14. The normalized spacial score (nSPS) is 10.6. The third kappa shape index (κ3) is 4.50. The van der Waals surface area contributed by atoms with Gasteiger partial charge in [0.25, 0.3) is 0 Å². The summed E-state index contributed by atoms with van der Waals surface area (Å²) in [6.45, 7) is 2.26. The molecule has 100 valence electrons. The summed E-state index contributed by atoms with van der Waals surface area (Å²) in [4.78, 5) is 0. The highest BCUT2D eigenvalue weighted by Gasteiger charge is 1.99. The van der Waals surface area contributed by atoms with Gasteiger partial charge in [0, 0.05) is 4.47 Å². The largest absolute Gasteiger partial charge is 0.0654 e. The molecule has 0 aliphatic carbocycles. The van der Waals surface area contributed by atoms with Crippen LogP contribution < -0.4 is 0 Å². The van der Waals surface area contributed by atoms with Crippen molar-refractivity contribution in [2.45, 2.75) is 39.0 Å². The van der Waals surface area contributed by atoms with Gasteiger partial charge < -0.3 is 0 Å². The van der Waals surface area contributed by atoms with Crippen LogP contribution in [0, 0.1) is 0 Å². The zero-order valence-corrected chi connectivity index (χ0v) is 13.1. The van der Waals surface area contributed by atoms with Gasteiger partial charge in [0.2, 0.25) is 0 Å². The summed E-state index contributed by atoms with van der Waals surface area (Å²) in [5.41, 5.74) is 4.01. The van der Waals surface area contributed by atoms with Gasteiger partial charge in [0.15, 0.2) is 0 Å². The maximum atomic E-state index is 3.52. The SMILES string of the molecule is CCCCCCc1ccc(-c2cccc(Br)c2)cc1. The molecule has 19 heavy (non-hydrogen) atoms. The molecule has 0 unspecified atom stereocenters. The van der Waals surface area contributed by atoms with E-state index in [1.165, 1.54) is 48.8 Å². The summed E-state index contributed by atoms with van der Waals surface area (Å²) in [5, 5.41) is 0. The Bertz CT molecular complexity index is 499. The van der Waals surface area contributed by atoms with E-state index in [2.05, 4.69) is 71.4 Å². The van der Waals surface area contributed by atoms with Gasteiger partial charge in [0.05, 0.1) is 0 Å². The Morgan fingerprint density at radius 1 is 0.842 bits per heavy atom. The van der Waals surface area contributed by atoms with Crippen LogP contribution in [-0.4, -0.2) is 0 Å². The first-order valence-corrected chi connectivity index (χ1v) is 7.94. The third-order valence-corrected chi connectivity index (χ3v) is 3.92. The van der Waals surface area contributed by atoms with Crippen molar-refractivity contribution in [2.75, 3.05) is 0 Å². The first-order chi connectivity index (χ1) is 9.29. The highest BCUT2D eigenvalue weighted by molar-refractivity contribution is 9.10. The van der Waals surface area contributed by atoms with Crippen LogP contribution in [0.1, 0.15) is 38.2 Å². The summed E-state index contributed by atoms with van der Waals surface area (Å²) in [6.07, 6.45) is 6.53. The van der Waals surface area contributed by atoms with Crippen molar-refractivity contribution in [1.82, 2.24) is 0 Å². The van der Waals surface area contributed by atoms with E-state index in [9.17, 15) is 0 Å². The molecule has 0 aliphatic rings. The van der Waals surface area contributed by atoms with E-state index < -0.39 is 0 Å². The number of hydrogen-bond acceptors (Lipinski definition) is 0. The Morgan fingerprint density at radius 2 is 1.63 bits per heavy atom. The lowest BCUT2D eigenvalue weighted by Crippen LogP contribution is -1.86. The van der Waals surface area contributed by atoms with Gasteiger partial charge in [-0.25, -0.2) is 0 Å². The van der Waals surface area contributed by atoms with Gasteiger partial charge in [0.1, 0.15) is 0 Å². The monoisotopic (exact) mass is 316 g/mol. The average molecular weight is 317 g/mol. The molecule has 0 radical (unpaired) electrons. The second-order valence-corrected chi connectivity index (χ2v) is 5.93. The Hall–Kier alpha value is -1.08. The van der Waals surface area contributed by atoms with Crippen LogP contribution in [0.25, 0.3) is 11.1 Å². The van der Waals surface area contributed by atoms with Gasteiger partial charge in [-0.05, 0) is 41.7 Å². The van der Waals surface area contributed by atoms with Crippen molar-refractivity contribution in [1.29, 1.82) is 0 Å². The Balaban J connectivity index is 1.98. The fourth-order valence-corrected chi connectivity index (χ4v) is 2.69. The van der Waals surface area contributed by atoms with E-state index in [0.717, 1.165) is 4.47 Å². The molecule has 0 aliphatic heterocycles. The molecular weight excluding hydrogens is 296 g/mol. The molecule has 2 rings (SSSR count). The van der Waals surface area contributed by atoms with Gasteiger partial charge in [-0.15, -0.1) is 0 Å². The number of aryl methyl sites for hydroxylation is 1. The van der Waals surface area contributed by atoms with Gasteiger partial charge >= 0.3 is 0 Å². The van der Waals surface area contributed by atoms with E-state index in [1.54, 1.807) is 0 Å². The molecule has 0 saturated heterocycles. The molecule has 0 amide bonds. The Kier molecular flexibility index (Phi) is 5.65. The number of benzene rings is 2. The first kappa shape index (κ1) is 14.3. The predicted molar refractivity (Wildman–Crippen MR) is 87.4 cm³/mol. The van der Waals surface area contributed by atoms with Crippen LogP contribution in [0.3, 0.4) is 0 Å². The molecule has 0 saturated carbocycles. The summed E-state index contributed by atoms with van der Waals surface area (Å²) in [6, 6.07) is 17.5. The molecular formula is C18H21Br. The van der Waals surface area contributed by atoms with Crippen LogP contribution in [0.15, 0.2) is 53.0 Å². The zero-order chi connectivity index (χ0) is 13.5. The fraction of sp³-hybridized carbons (Fsp3) is 0.333. The molecule has 2 aromatic carbocycles. The van der Waals surface area contributed by atoms with Gasteiger partial charge in [-0.1, -0.05) is 78.5 Å². The van der Waals surface area contributed by atoms with Crippen LogP contribution in [-0.2, 0) is 6.42 Å². The van der Waals surface area contributed by atoms with Gasteiger partial charge in [-0.2, -0.15) is 0 Å². The van der Waals surface area contributed by atoms with E-state index in [4.69, 9.17) is 0 Å². The number of unbranched alkanes of at least 4 members (excludes halogenated alkanes) is 3. The maximum absolute atomic E-state index is 3.52. The van der Waals surface area contributed by atoms with Gasteiger partial charge in [-0.3, -0.25) is 0 Å². The molecule has 0 fully saturated rings. The fourth-order valence-electron chi connectivity index (χ4n) is 2.29. The third-order valence-electron chi connectivity index (χ3n) is 3.43. The van der Waals surface area contributed by atoms with Crippen LogP contribution in [0.4, 0.5) is 0 Å². The molecule has 0 atom stereocenters. The number of rotatable bonds is 6. The summed E-state index contributed by atoms with van der Waals surface area (Å²) >= 11 is 3.52. The Morgan fingerprint density at radius 3 is 2.32 bits per heavy atom. The van der Waals surface area contributed by atoms with Crippen LogP contribution >= 0.6 is 15.9 Å². The molecule has 0 aromatic heterocycles. The molecule has 0 nitrogen and oxygen atoms in total. The molecule has 2 aromatic rings. The average Bonchev–Trinajstić information content (AvgIpc) is 2.44. The molecule has 0 bridgehead atoms. The zero-order valence-electron chi connectivity index (χ0n) is 11.5. The minimum absolute atomic E-state index is 1.13. The second kappa shape index (κ2) is 7.49. The van der Waals surface area contributed by atoms with Crippen molar-refractivity contribution in [3.63, 3.8) is 0 Å². The van der Waals surface area contributed by atoms with Crippen LogP contribution in [0.2, 0.25) is 0 Å². The minimum atomic E-state index is 1.13. The highest BCUT2D eigenvalue weighted by atomic mass is 79.9. The quantitative estimate of drug-likeness (QED) is 0.553.